The van der Waals surface area contributed by atoms with Gasteiger partial charge in [-0.3, -0.25) is 4.99 Å². The molecular formula is C14H21FIN3O. The number of guanidine groups is 1. The summed E-state index contributed by atoms with van der Waals surface area (Å²) in [5.41, 5.74) is 1.02. The van der Waals surface area contributed by atoms with E-state index in [1.54, 1.807) is 19.2 Å². The SMILES string of the molecule is CN=C(NCc1ccc(F)cc1)NCC1CCCO1.I. The number of aliphatic imine (C=N–C) groups is 1. The van der Waals surface area contributed by atoms with E-state index in [-0.39, 0.29) is 35.9 Å². The summed E-state index contributed by atoms with van der Waals surface area (Å²) in [7, 11) is 1.73. The molecule has 2 N–H and O–H groups in total. The molecule has 0 spiro atoms. The van der Waals surface area contributed by atoms with E-state index in [0.717, 1.165) is 37.5 Å². The fourth-order valence-electron chi connectivity index (χ4n) is 2.02. The van der Waals surface area contributed by atoms with Crippen molar-refractivity contribution in [2.75, 3.05) is 20.2 Å². The molecule has 1 fully saturated rings. The molecule has 0 bridgehead atoms. The molecule has 112 valence electrons. The molecule has 0 saturated carbocycles. The molecule has 6 heteroatoms. The van der Waals surface area contributed by atoms with Gasteiger partial charge in [-0.15, -0.1) is 24.0 Å². The van der Waals surface area contributed by atoms with Crippen molar-refractivity contribution in [3.8, 4) is 0 Å². The van der Waals surface area contributed by atoms with Crippen LogP contribution in [-0.4, -0.2) is 32.3 Å². The Bertz CT molecular complexity index is 419. The van der Waals surface area contributed by atoms with Crippen molar-refractivity contribution in [3.05, 3.63) is 35.6 Å². The van der Waals surface area contributed by atoms with E-state index in [9.17, 15) is 4.39 Å². The van der Waals surface area contributed by atoms with Crippen LogP contribution >= 0.6 is 24.0 Å². The van der Waals surface area contributed by atoms with Crippen molar-refractivity contribution in [2.24, 2.45) is 4.99 Å². The molecule has 1 saturated heterocycles. The van der Waals surface area contributed by atoms with E-state index in [1.165, 1.54) is 12.1 Å². The molecule has 2 rings (SSSR count). The number of rotatable bonds is 4. The summed E-state index contributed by atoms with van der Waals surface area (Å²) >= 11 is 0. The van der Waals surface area contributed by atoms with Crippen LogP contribution in [0.4, 0.5) is 4.39 Å². The summed E-state index contributed by atoms with van der Waals surface area (Å²) in [4.78, 5) is 4.15. The summed E-state index contributed by atoms with van der Waals surface area (Å²) in [6.45, 7) is 2.24. The highest BCUT2D eigenvalue weighted by atomic mass is 127. The molecule has 1 aromatic carbocycles. The van der Waals surface area contributed by atoms with Crippen LogP contribution in [0, 0.1) is 5.82 Å². The Balaban J connectivity index is 0.00000200. The lowest BCUT2D eigenvalue weighted by molar-refractivity contribution is 0.114. The predicted molar refractivity (Wildman–Crippen MR) is 89.0 cm³/mol. The Hall–Kier alpha value is -0.890. The third-order valence-electron chi connectivity index (χ3n) is 3.12. The Kier molecular flexibility index (Phi) is 7.83. The van der Waals surface area contributed by atoms with Crippen molar-refractivity contribution >= 4 is 29.9 Å². The summed E-state index contributed by atoms with van der Waals surface area (Å²) in [6.07, 6.45) is 2.51. The van der Waals surface area contributed by atoms with E-state index >= 15 is 0 Å². The highest BCUT2D eigenvalue weighted by Gasteiger charge is 2.15. The van der Waals surface area contributed by atoms with Gasteiger partial charge in [-0.25, -0.2) is 4.39 Å². The van der Waals surface area contributed by atoms with Gasteiger partial charge in [0.1, 0.15) is 5.82 Å². The number of halogens is 2. The summed E-state index contributed by atoms with van der Waals surface area (Å²) in [5.74, 6) is 0.518. The summed E-state index contributed by atoms with van der Waals surface area (Å²) in [5, 5.41) is 6.42. The number of ether oxygens (including phenoxy) is 1. The Morgan fingerprint density at radius 1 is 1.35 bits per heavy atom. The van der Waals surface area contributed by atoms with Crippen LogP contribution in [0.2, 0.25) is 0 Å². The average Bonchev–Trinajstić information content (AvgIpc) is 2.94. The molecule has 1 atom stereocenters. The summed E-state index contributed by atoms with van der Waals surface area (Å²) in [6, 6.07) is 6.44. The van der Waals surface area contributed by atoms with Gasteiger partial charge in [0.2, 0.25) is 0 Å². The van der Waals surface area contributed by atoms with Crippen LogP contribution in [0.5, 0.6) is 0 Å². The minimum Gasteiger partial charge on any atom is -0.376 e. The standard InChI is InChI=1S/C14H20FN3O.HI/c1-16-14(18-10-13-3-2-8-19-13)17-9-11-4-6-12(15)7-5-11;/h4-7,13H,2-3,8-10H2,1H3,(H2,16,17,18);1H. The van der Waals surface area contributed by atoms with Crippen molar-refractivity contribution in [3.63, 3.8) is 0 Å². The van der Waals surface area contributed by atoms with Crippen LogP contribution in [0.1, 0.15) is 18.4 Å². The predicted octanol–water partition coefficient (Wildman–Crippen LogP) is 2.29. The maximum Gasteiger partial charge on any atom is 0.191 e. The van der Waals surface area contributed by atoms with Crippen LogP contribution in [0.15, 0.2) is 29.3 Å². The van der Waals surface area contributed by atoms with Crippen LogP contribution in [0.3, 0.4) is 0 Å². The summed E-state index contributed by atoms with van der Waals surface area (Å²) < 4.78 is 18.3. The van der Waals surface area contributed by atoms with Crippen molar-refractivity contribution in [2.45, 2.75) is 25.5 Å². The molecule has 1 aliphatic heterocycles. The van der Waals surface area contributed by atoms with E-state index < -0.39 is 0 Å². The van der Waals surface area contributed by atoms with Gasteiger partial charge in [0.15, 0.2) is 5.96 Å². The number of benzene rings is 1. The molecule has 0 radical (unpaired) electrons. The largest absolute Gasteiger partial charge is 0.376 e. The quantitative estimate of drug-likeness (QED) is 0.469. The first-order valence-electron chi connectivity index (χ1n) is 6.58. The number of nitrogens with zero attached hydrogens (tertiary/aromatic N) is 1. The maximum absolute atomic E-state index is 12.8. The molecular weight excluding hydrogens is 372 g/mol. The fourth-order valence-corrected chi connectivity index (χ4v) is 2.02. The van der Waals surface area contributed by atoms with Crippen molar-refractivity contribution < 1.29 is 9.13 Å². The van der Waals surface area contributed by atoms with Gasteiger partial charge in [-0.05, 0) is 30.5 Å². The van der Waals surface area contributed by atoms with Gasteiger partial charge in [0.25, 0.3) is 0 Å². The fraction of sp³-hybridized carbons (Fsp3) is 0.500. The zero-order chi connectivity index (χ0) is 13.5. The molecule has 1 aromatic rings. The van der Waals surface area contributed by atoms with Gasteiger partial charge in [-0.2, -0.15) is 0 Å². The van der Waals surface area contributed by atoms with Gasteiger partial charge in [0.05, 0.1) is 6.10 Å². The normalized spacial score (nSPS) is 18.5. The number of nitrogens with one attached hydrogen (secondary N) is 2. The molecule has 1 aliphatic rings. The van der Waals surface area contributed by atoms with E-state index in [2.05, 4.69) is 15.6 Å². The molecule has 1 unspecified atom stereocenters. The van der Waals surface area contributed by atoms with Gasteiger partial charge < -0.3 is 15.4 Å². The van der Waals surface area contributed by atoms with E-state index in [4.69, 9.17) is 4.74 Å². The minimum atomic E-state index is -0.218. The Labute approximate surface area is 136 Å². The first-order chi connectivity index (χ1) is 9.28. The second kappa shape index (κ2) is 9.12. The maximum atomic E-state index is 12.8. The monoisotopic (exact) mass is 393 g/mol. The van der Waals surface area contributed by atoms with E-state index in [1.807, 2.05) is 0 Å². The lowest BCUT2D eigenvalue weighted by Gasteiger charge is -2.15. The Morgan fingerprint density at radius 2 is 2.10 bits per heavy atom. The highest BCUT2D eigenvalue weighted by molar-refractivity contribution is 14.0. The minimum absolute atomic E-state index is 0. The van der Waals surface area contributed by atoms with Crippen molar-refractivity contribution in [1.82, 2.24) is 10.6 Å². The molecule has 0 amide bonds. The van der Waals surface area contributed by atoms with Crippen LogP contribution in [-0.2, 0) is 11.3 Å². The highest BCUT2D eigenvalue weighted by Crippen LogP contribution is 2.10. The van der Waals surface area contributed by atoms with Gasteiger partial charge >= 0.3 is 0 Å². The topological polar surface area (TPSA) is 45.7 Å². The molecule has 0 aromatic heterocycles. The average molecular weight is 393 g/mol. The lowest BCUT2D eigenvalue weighted by atomic mass is 10.2. The molecule has 0 aliphatic carbocycles. The third kappa shape index (κ3) is 5.62. The van der Waals surface area contributed by atoms with Crippen LogP contribution < -0.4 is 10.6 Å². The second-order valence-electron chi connectivity index (χ2n) is 4.57. The zero-order valence-corrected chi connectivity index (χ0v) is 13.9. The van der Waals surface area contributed by atoms with Crippen LogP contribution in [0.25, 0.3) is 0 Å². The van der Waals surface area contributed by atoms with Gasteiger partial charge in [0, 0.05) is 26.7 Å². The van der Waals surface area contributed by atoms with E-state index in [0.29, 0.717) is 6.54 Å². The molecule has 20 heavy (non-hydrogen) atoms. The first-order valence-corrected chi connectivity index (χ1v) is 6.58. The zero-order valence-electron chi connectivity index (χ0n) is 11.6. The molecule has 1 heterocycles. The Morgan fingerprint density at radius 3 is 2.70 bits per heavy atom. The van der Waals surface area contributed by atoms with Crippen molar-refractivity contribution in [1.29, 1.82) is 0 Å². The molecule has 4 nitrogen and oxygen atoms in total. The smallest absolute Gasteiger partial charge is 0.191 e. The third-order valence-corrected chi connectivity index (χ3v) is 3.12. The number of hydrogen-bond acceptors (Lipinski definition) is 2. The number of hydrogen-bond donors (Lipinski definition) is 2. The first kappa shape index (κ1) is 17.2. The lowest BCUT2D eigenvalue weighted by Crippen LogP contribution is -2.40. The second-order valence-corrected chi connectivity index (χ2v) is 4.57. The van der Waals surface area contributed by atoms with Gasteiger partial charge in [-0.1, -0.05) is 12.1 Å².